The number of nitrogens with one attached hydrogen (secondary N) is 1. The molecule has 2 atom stereocenters. The van der Waals surface area contributed by atoms with Crippen molar-refractivity contribution in [2.75, 3.05) is 26.2 Å². The van der Waals surface area contributed by atoms with Crippen LogP contribution in [0.4, 0.5) is 0 Å². The Morgan fingerprint density at radius 2 is 1.81 bits per heavy atom. The molecule has 1 aliphatic heterocycles. The van der Waals surface area contributed by atoms with Gasteiger partial charge < -0.3 is 10.1 Å². The average molecular weight is 394 g/mol. The van der Waals surface area contributed by atoms with Crippen molar-refractivity contribution in [3.05, 3.63) is 42.5 Å². The van der Waals surface area contributed by atoms with E-state index in [9.17, 15) is 18.0 Å². The van der Waals surface area contributed by atoms with Gasteiger partial charge in [0.15, 0.2) is 6.61 Å². The summed E-state index contributed by atoms with van der Waals surface area (Å²) < 4.78 is 32.1. The first-order chi connectivity index (χ1) is 12.7. The second kappa shape index (κ2) is 9.14. The summed E-state index contributed by atoms with van der Waals surface area (Å²) in [7, 11) is -3.60. The maximum absolute atomic E-state index is 12.8. The van der Waals surface area contributed by atoms with Crippen LogP contribution in [0.3, 0.4) is 0 Å². The summed E-state index contributed by atoms with van der Waals surface area (Å²) >= 11 is 0. The Hall–Kier alpha value is -2.19. The number of hydrogen-bond acceptors (Lipinski definition) is 5. The van der Waals surface area contributed by atoms with Crippen LogP contribution in [0.25, 0.3) is 0 Å². The quantitative estimate of drug-likeness (QED) is 0.562. The summed E-state index contributed by atoms with van der Waals surface area (Å²) in [6, 6.07) is 5.59. The van der Waals surface area contributed by atoms with Crippen molar-refractivity contribution >= 4 is 21.9 Å². The summed E-state index contributed by atoms with van der Waals surface area (Å²) in [5, 5.41) is 2.49. The predicted molar refractivity (Wildman–Crippen MR) is 102 cm³/mol. The van der Waals surface area contributed by atoms with E-state index in [0.717, 1.165) is 6.42 Å². The van der Waals surface area contributed by atoms with Crippen molar-refractivity contribution in [3.8, 4) is 0 Å². The number of hydrogen-bond donors (Lipinski definition) is 1. The molecule has 2 rings (SSSR count). The monoisotopic (exact) mass is 394 g/mol. The Bertz CT molecular complexity index is 779. The smallest absolute Gasteiger partial charge is 0.338 e. The van der Waals surface area contributed by atoms with E-state index in [4.69, 9.17) is 4.74 Å². The zero-order valence-electron chi connectivity index (χ0n) is 15.7. The van der Waals surface area contributed by atoms with Gasteiger partial charge in [-0.15, -0.1) is 6.58 Å². The van der Waals surface area contributed by atoms with Crippen LogP contribution in [-0.2, 0) is 19.6 Å². The van der Waals surface area contributed by atoms with Crippen molar-refractivity contribution < 1.29 is 22.7 Å². The molecule has 1 fully saturated rings. The maximum Gasteiger partial charge on any atom is 0.338 e. The lowest BCUT2D eigenvalue weighted by Crippen LogP contribution is -2.42. The lowest BCUT2D eigenvalue weighted by molar-refractivity contribution is -0.124. The van der Waals surface area contributed by atoms with Gasteiger partial charge in [-0.05, 0) is 42.5 Å². The fourth-order valence-corrected chi connectivity index (χ4v) is 4.85. The van der Waals surface area contributed by atoms with Gasteiger partial charge in [-0.1, -0.05) is 19.9 Å². The third-order valence-electron chi connectivity index (χ3n) is 4.34. The van der Waals surface area contributed by atoms with Gasteiger partial charge in [0.1, 0.15) is 0 Å². The summed E-state index contributed by atoms with van der Waals surface area (Å²) in [6.07, 6.45) is 2.53. The Balaban J connectivity index is 2.02. The van der Waals surface area contributed by atoms with E-state index in [1.165, 1.54) is 34.6 Å². The molecule has 1 aromatic carbocycles. The minimum atomic E-state index is -3.60. The molecule has 1 aromatic rings. The van der Waals surface area contributed by atoms with Gasteiger partial charge >= 0.3 is 5.97 Å². The van der Waals surface area contributed by atoms with Gasteiger partial charge in [0.25, 0.3) is 5.91 Å². The van der Waals surface area contributed by atoms with E-state index < -0.39 is 28.5 Å². The highest BCUT2D eigenvalue weighted by Gasteiger charge is 2.31. The highest BCUT2D eigenvalue weighted by molar-refractivity contribution is 7.89. The van der Waals surface area contributed by atoms with Crippen LogP contribution in [0.2, 0.25) is 0 Å². The van der Waals surface area contributed by atoms with Gasteiger partial charge in [-0.25, -0.2) is 13.2 Å². The Labute approximate surface area is 160 Å². The van der Waals surface area contributed by atoms with Crippen LogP contribution in [-0.4, -0.2) is 50.8 Å². The minimum Gasteiger partial charge on any atom is -0.452 e. The van der Waals surface area contributed by atoms with Crippen LogP contribution >= 0.6 is 0 Å². The molecule has 0 bridgehead atoms. The second-order valence-corrected chi connectivity index (χ2v) is 8.90. The van der Waals surface area contributed by atoms with E-state index in [0.29, 0.717) is 24.9 Å². The number of rotatable bonds is 7. The van der Waals surface area contributed by atoms with Crippen molar-refractivity contribution in [2.45, 2.75) is 25.2 Å². The lowest BCUT2D eigenvalue weighted by atomic mass is 9.94. The van der Waals surface area contributed by atoms with Crippen LogP contribution < -0.4 is 5.32 Å². The van der Waals surface area contributed by atoms with Gasteiger partial charge in [0, 0.05) is 19.6 Å². The number of benzene rings is 1. The lowest BCUT2D eigenvalue weighted by Gasteiger charge is -2.34. The normalized spacial score (nSPS) is 20.7. The molecular weight excluding hydrogens is 368 g/mol. The summed E-state index contributed by atoms with van der Waals surface area (Å²) in [5.41, 5.74) is 0.186. The molecule has 1 heterocycles. The number of carbonyl (C=O) groups excluding carboxylic acids is 2. The molecule has 8 heteroatoms. The van der Waals surface area contributed by atoms with Crippen LogP contribution in [0.5, 0.6) is 0 Å². The Morgan fingerprint density at radius 3 is 2.37 bits per heavy atom. The number of ether oxygens (including phenoxy) is 1. The van der Waals surface area contributed by atoms with Gasteiger partial charge in [-0.3, -0.25) is 4.79 Å². The first-order valence-electron chi connectivity index (χ1n) is 8.89. The predicted octanol–water partition coefficient (Wildman–Crippen LogP) is 1.81. The summed E-state index contributed by atoms with van der Waals surface area (Å²) in [4.78, 5) is 23.6. The average Bonchev–Trinajstić information content (AvgIpc) is 2.63. The van der Waals surface area contributed by atoms with Crippen LogP contribution in [0.15, 0.2) is 41.8 Å². The molecule has 0 radical (unpaired) electrons. The van der Waals surface area contributed by atoms with E-state index in [2.05, 4.69) is 11.9 Å². The van der Waals surface area contributed by atoms with Crippen LogP contribution in [0, 0.1) is 11.8 Å². The summed E-state index contributed by atoms with van der Waals surface area (Å²) in [6.45, 7) is 8.43. The number of amides is 1. The third-order valence-corrected chi connectivity index (χ3v) is 6.19. The molecule has 1 N–H and O–H groups in total. The molecule has 7 nitrogen and oxygen atoms in total. The Morgan fingerprint density at radius 1 is 1.22 bits per heavy atom. The zero-order valence-corrected chi connectivity index (χ0v) is 16.5. The number of carbonyl (C=O) groups is 2. The summed E-state index contributed by atoms with van der Waals surface area (Å²) in [5.74, 6) is -0.501. The van der Waals surface area contributed by atoms with Crippen molar-refractivity contribution in [2.24, 2.45) is 11.8 Å². The highest BCUT2D eigenvalue weighted by Crippen LogP contribution is 2.26. The first kappa shape index (κ1) is 21.1. The van der Waals surface area contributed by atoms with E-state index >= 15 is 0 Å². The number of nitrogens with zero attached hydrogens (tertiary/aromatic N) is 1. The molecule has 1 saturated heterocycles. The van der Waals surface area contributed by atoms with E-state index in [1.807, 2.05) is 13.8 Å². The van der Waals surface area contributed by atoms with Gasteiger partial charge in [-0.2, -0.15) is 4.31 Å². The van der Waals surface area contributed by atoms with E-state index in [-0.39, 0.29) is 17.0 Å². The van der Waals surface area contributed by atoms with Crippen molar-refractivity contribution in [1.82, 2.24) is 9.62 Å². The van der Waals surface area contributed by atoms with Gasteiger partial charge in [0.05, 0.1) is 10.5 Å². The minimum absolute atomic E-state index is 0.143. The SMILES string of the molecule is C=CCNC(=O)COC(=O)c1ccc(S(=O)(=O)N2CC(C)CC(C)C2)cc1. The second-order valence-electron chi connectivity index (χ2n) is 6.96. The molecule has 0 aromatic heterocycles. The third kappa shape index (κ3) is 5.64. The highest BCUT2D eigenvalue weighted by atomic mass is 32.2. The standard InChI is InChI=1S/C19H26N2O5S/c1-4-9-20-18(22)13-26-19(23)16-5-7-17(8-6-16)27(24,25)21-11-14(2)10-15(3)12-21/h4-8,14-15H,1,9-13H2,2-3H3,(H,20,22). The Kier molecular flexibility index (Phi) is 7.15. The number of esters is 1. The fourth-order valence-electron chi connectivity index (χ4n) is 3.17. The topological polar surface area (TPSA) is 92.8 Å². The molecule has 1 amide bonds. The molecule has 0 aliphatic carbocycles. The van der Waals surface area contributed by atoms with Crippen molar-refractivity contribution in [3.63, 3.8) is 0 Å². The first-order valence-corrected chi connectivity index (χ1v) is 10.3. The fraction of sp³-hybridized carbons (Fsp3) is 0.474. The molecule has 0 spiro atoms. The van der Waals surface area contributed by atoms with Crippen LogP contribution in [0.1, 0.15) is 30.6 Å². The molecule has 0 saturated carbocycles. The molecule has 148 valence electrons. The maximum atomic E-state index is 12.8. The number of piperidine rings is 1. The largest absolute Gasteiger partial charge is 0.452 e. The van der Waals surface area contributed by atoms with Gasteiger partial charge in [0.2, 0.25) is 10.0 Å². The molecular formula is C19H26N2O5S. The molecule has 27 heavy (non-hydrogen) atoms. The van der Waals surface area contributed by atoms with E-state index in [1.54, 1.807) is 0 Å². The zero-order chi connectivity index (χ0) is 20.0. The molecule has 2 unspecified atom stereocenters. The number of sulfonamides is 1. The van der Waals surface area contributed by atoms with Crippen molar-refractivity contribution in [1.29, 1.82) is 0 Å². The molecule has 1 aliphatic rings.